The topological polar surface area (TPSA) is 69.6 Å². The summed E-state index contributed by atoms with van der Waals surface area (Å²) in [5, 5.41) is 13.2. The molecule has 1 aromatic rings. The lowest BCUT2D eigenvalue weighted by molar-refractivity contribution is -0.137. The van der Waals surface area contributed by atoms with Gasteiger partial charge in [-0.2, -0.15) is 0 Å². The van der Waals surface area contributed by atoms with Gasteiger partial charge in [-0.1, -0.05) is 29.8 Å². The van der Waals surface area contributed by atoms with Gasteiger partial charge in [-0.15, -0.1) is 0 Å². The van der Waals surface area contributed by atoms with Crippen molar-refractivity contribution in [2.45, 2.75) is 31.9 Å². The lowest BCUT2D eigenvalue weighted by Gasteiger charge is -2.23. The lowest BCUT2D eigenvalue weighted by atomic mass is 10.1. The first-order valence-electron chi connectivity index (χ1n) is 6.98. The summed E-state index contributed by atoms with van der Waals surface area (Å²) >= 11 is 6.00. The number of aliphatic hydroxyl groups excluding tert-OH is 1. The molecule has 0 unspecified atom stereocenters. The molecule has 2 N–H and O–H groups in total. The maximum absolute atomic E-state index is 12.1. The minimum absolute atomic E-state index is 0.0742. The molecular weight excluding hydrogens is 292 g/mol. The van der Waals surface area contributed by atoms with Crippen LogP contribution in [0.15, 0.2) is 24.3 Å². The minimum Gasteiger partial charge on any atom is -0.387 e. The third kappa shape index (κ3) is 3.74. The van der Waals surface area contributed by atoms with Crippen molar-refractivity contribution in [2.75, 3.05) is 13.1 Å². The van der Waals surface area contributed by atoms with Crippen molar-refractivity contribution in [1.29, 1.82) is 0 Å². The normalized spacial score (nSPS) is 19.4. The van der Waals surface area contributed by atoms with Gasteiger partial charge in [0.05, 0.1) is 6.10 Å². The Bertz CT molecular complexity index is 535. The predicted molar refractivity (Wildman–Crippen MR) is 79.8 cm³/mol. The molecule has 21 heavy (non-hydrogen) atoms. The van der Waals surface area contributed by atoms with Gasteiger partial charge in [-0.25, -0.2) is 0 Å². The van der Waals surface area contributed by atoms with E-state index in [0.717, 1.165) is 6.42 Å². The molecule has 2 atom stereocenters. The maximum atomic E-state index is 12.1. The Labute approximate surface area is 128 Å². The lowest BCUT2D eigenvalue weighted by Crippen LogP contribution is -2.46. The number of hydrogen-bond acceptors (Lipinski definition) is 3. The van der Waals surface area contributed by atoms with E-state index in [1.165, 1.54) is 6.92 Å². The fourth-order valence-electron chi connectivity index (χ4n) is 2.59. The SMILES string of the molecule is CC(=O)N1CCC[C@H]1C(=O)NC[C@@H](O)c1ccccc1Cl. The van der Waals surface area contributed by atoms with Gasteiger partial charge in [-0.05, 0) is 18.9 Å². The highest BCUT2D eigenvalue weighted by Crippen LogP contribution is 2.22. The molecule has 2 rings (SSSR count). The molecule has 2 amide bonds. The van der Waals surface area contributed by atoms with E-state index in [1.807, 2.05) is 0 Å². The minimum atomic E-state index is -0.866. The second-order valence-corrected chi connectivity index (χ2v) is 5.56. The van der Waals surface area contributed by atoms with E-state index >= 15 is 0 Å². The number of hydrogen-bond donors (Lipinski definition) is 2. The summed E-state index contributed by atoms with van der Waals surface area (Å²) in [6.07, 6.45) is 0.619. The number of carbonyl (C=O) groups excluding carboxylic acids is 2. The average molecular weight is 311 g/mol. The molecule has 1 aliphatic heterocycles. The molecule has 0 aliphatic carbocycles. The van der Waals surface area contributed by atoms with Gasteiger partial charge >= 0.3 is 0 Å². The Hall–Kier alpha value is -1.59. The van der Waals surface area contributed by atoms with Crippen LogP contribution in [0.4, 0.5) is 0 Å². The van der Waals surface area contributed by atoms with Gasteiger partial charge in [0, 0.05) is 30.6 Å². The van der Waals surface area contributed by atoms with Crippen LogP contribution in [-0.4, -0.2) is 41.0 Å². The zero-order valence-electron chi connectivity index (χ0n) is 11.9. The number of nitrogens with zero attached hydrogens (tertiary/aromatic N) is 1. The third-order valence-corrected chi connectivity index (χ3v) is 4.04. The van der Waals surface area contributed by atoms with Crippen molar-refractivity contribution in [3.8, 4) is 0 Å². The van der Waals surface area contributed by atoms with Gasteiger partial charge in [-0.3, -0.25) is 9.59 Å². The first kappa shape index (κ1) is 15.8. The highest BCUT2D eigenvalue weighted by molar-refractivity contribution is 6.31. The molecule has 1 saturated heterocycles. The van der Waals surface area contributed by atoms with E-state index < -0.39 is 12.1 Å². The highest BCUT2D eigenvalue weighted by Gasteiger charge is 2.32. The monoisotopic (exact) mass is 310 g/mol. The molecule has 5 nitrogen and oxygen atoms in total. The van der Waals surface area contributed by atoms with Crippen LogP contribution >= 0.6 is 11.6 Å². The van der Waals surface area contributed by atoms with Crippen LogP contribution < -0.4 is 5.32 Å². The zero-order valence-corrected chi connectivity index (χ0v) is 12.6. The molecule has 0 spiro atoms. The Morgan fingerprint density at radius 2 is 2.19 bits per heavy atom. The first-order chi connectivity index (χ1) is 10.0. The molecule has 114 valence electrons. The fourth-order valence-corrected chi connectivity index (χ4v) is 2.85. The van der Waals surface area contributed by atoms with Crippen LogP contribution in [0.5, 0.6) is 0 Å². The molecule has 1 fully saturated rings. The van der Waals surface area contributed by atoms with Crippen molar-refractivity contribution in [3.63, 3.8) is 0 Å². The van der Waals surface area contributed by atoms with Crippen molar-refractivity contribution in [3.05, 3.63) is 34.9 Å². The van der Waals surface area contributed by atoms with E-state index in [1.54, 1.807) is 29.2 Å². The number of benzene rings is 1. The van der Waals surface area contributed by atoms with Crippen LogP contribution in [0.2, 0.25) is 5.02 Å². The Balaban J connectivity index is 1.92. The second kappa shape index (κ2) is 6.91. The van der Waals surface area contributed by atoms with E-state index in [2.05, 4.69) is 5.32 Å². The number of rotatable bonds is 4. The smallest absolute Gasteiger partial charge is 0.242 e. The first-order valence-corrected chi connectivity index (χ1v) is 7.36. The van der Waals surface area contributed by atoms with E-state index in [-0.39, 0.29) is 18.4 Å². The Kier molecular flexibility index (Phi) is 5.20. The zero-order chi connectivity index (χ0) is 15.4. The van der Waals surface area contributed by atoms with Crippen LogP contribution in [0.1, 0.15) is 31.4 Å². The van der Waals surface area contributed by atoms with Gasteiger partial charge in [0.25, 0.3) is 0 Å². The van der Waals surface area contributed by atoms with E-state index in [4.69, 9.17) is 11.6 Å². The summed E-state index contributed by atoms with van der Waals surface area (Å²) < 4.78 is 0. The average Bonchev–Trinajstić information content (AvgIpc) is 2.94. The van der Waals surface area contributed by atoms with Gasteiger partial charge < -0.3 is 15.3 Å². The summed E-state index contributed by atoms with van der Waals surface area (Å²) in [7, 11) is 0. The summed E-state index contributed by atoms with van der Waals surface area (Å²) in [6.45, 7) is 2.15. The van der Waals surface area contributed by atoms with Gasteiger partial charge in [0.2, 0.25) is 11.8 Å². The molecule has 0 radical (unpaired) electrons. The molecule has 0 bridgehead atoms. The molecule has 1 aliphatic rings. The van der Waals surface area contributed by atoms with Crippen molar-refractivity contribution >= 4 is 23.4 Å². The molecular formula is C15H19ClN2O3. The maximum Gasteiger partial charge on any atom is 0.242 e. The Morgan fingerprint density at radius 3 is 2.86 bits per heavy atom. The highest BCUT2D eigenvalue weighted by atomic mass is 35.5. The number of amides is 2. The summed E-state index contributed by atoms with van der Waals surface area (Å²) in [4.78, 5) is 25.1. The van der Waals surface area contributed by atoms with Crippen LogP contribution in [-0.2, 0) is 9.59 Å². The standard InChI is InChI=1S/C15H19ClN2O3/c1-10(19)18-8-4-7-13(18)15(21)17-9-14(20)11-5-2-3-6-12(11)16/h2-3,5-6,13-14,20H,4,7-9H2,1H3,(H,17,21)/t13-,14+/m0/s1. The molecule has 0 aromatic heterocycles. The van der Waals surface area contributed by atoms with Gasteiger partial charge in [0.15, 0.2) is 0 Å². The number of aliphatic hydroxyl groups is 1. The quantitative estimate of drug-likeness (QED) is 0.885. The number of halogens is 1. The van der Waals surface area contributed by atoms with Crippen molar-refractivity contribution in [2.24, 2.45) is 0 Å². The van der Waals surface area contributed by atoms with Crippen molar-refractivity contribution in [1.82, 2.24) is 10.2 Å². The third-order valence-electron chi connectivity index (χ3n) is 3.69. The predicted octanol–water partition coefficient (Wildman–Crippen LogP) is 1.50. The van der Waals surface area contributed by atoms with Crippen LogP contribution in [0.25, 0.3) is 0 Å². The molecule has 6 heteroatoms. The summed E-state index contributed by atoms with van der Waals surface area (Å²) in [5.41, 5.74) is 0.578. The largest absolute Gasteiger partial charge is 0.387 e. The number of nitrogens with one attached hydrogen (secondary N) is 1. The van der Waals surface area contributed by atoms with E-state index in [9.17, 15) is 14.7 Å². The molecule has 1 aromatic carbocycles. The Morgan fingerprint density at radius 1 is 1.48 bits per heavy atom. The van der Waals surface area contributed by atoms with Crippen LogP contribution in [0, 0.1) is 0 Å². The number of carbonyl (C=O) groups is 2. The molecule has 0 saturated carbocycles. The summed E-state index contributed by atoms with van der Waals surface area (Å²) in [5.74, 6) is -0.326. The van der Waals surface area contributed by atoms with Crippen molar-refractivity contribution < 1.29 is 14.7 Å². The second-order valence-electron chi connectivity index (χ2n) is 5.15. The molecule has 1 heterocycles. The van der Waals surface area contributed by atoms with Gasteiger partial charge in [0.1, 0.15) is 6.04 Å². The summed E-state index contributed by atoms with van der Waals surface area (Å²) in [6, 6.07) is 6.54. The number of likely N-dealkylation sites (tertiary alicyclic amines) is 1. The fraction of sp³-hybridized carbons (Fsp3) is 0.467. The van der Waals surface area contributed by atoms with E-state index in [0.29, 0.717) is 23.6 Å². The van der Waals surface area contributed by atoms with Crippen LogP contribution in [0.3, 0.4) is 0 Å².